The monoisotopic (exact) mass is 589 g/mol. The summed E-state index contributed by atoms with van der Waals surface area (Å²) in [5.41, 5.74) is 11.7. The predicted octanol–water partition coefficient (Wildman–Crippen LogP) is 5.04. The van der Waals surface area contributed by atoms with Crippen LogP contribution in [0.2, 0.25) is 5.02 Å². The summed E-state index contributed by atoms with van der Waals surface area (Å²) in [6.45, 7) is 7.59. The van der Waals surface area contributed by atoms with Crippen molar-refractivity contribution in [1.82, 2.24) is 14.9 Å². The number of hydrogen-bond acceptors (Lipinski definition) is 9. The number of aliphatic hydroxyl groups excluding tert-OH is 1. The topological polar surface area (TPSA) is 110 Å². The van der Waals surface area contributed by atoms with Crippen LogP contribution in [-0.4, -0.2) is 59.3 Å². The second-order valence-corrected chi connectivity index (χ2v) is 11.3. The number of ether oxygens (including phenoxy) is 2. The van der Waals surface area contributed by atoms with Crippen molar-refractivity contribution < 1.29 is 19.0 Å². The van der Waals surface area contributed by atoms with Crippen LogP contribution in [-0.2, 0) is 30.8 Å². The molecule has 2 aromatic heterocycles. The largest absolute Gasteiger partial charge is 0.489 e. The van der Waals surface area contributed by atoms with Crippen molar-refractivity contribution in [3.8, 4) is 17.0 Å². The van der Waals surface area contributed by atoms with Crippen LogP contribution < -0.4 is 15.4 Å². The van der Waals surface area contributed by atoms with E-state index in [4.69, 9.17) is 36.2 Å². The average Bonchev–Trinajstić information content (AvgIpc) is 3.48. The molecule has 220 valence electrons. The summed E-state index contributed by atoms with van der Waals surface area (Å²) in [6, 6.07) is 17.5. The highest BCUT2D eigenvalue weighted by atomic mass is 35.5. The molecule has 0 saturated carbocycles. The minimum absolute atomic E-state index is 0.298. The molecule has 2 aromatic carbocycles. The zero-order valence-electron chi connectivity index (χ0n) is 23.8. The Morgan fingerprint density at radius 1 is 1.00 bits per heavy atom. The van der Waals surface area contributed by atoms with Crippen LogP contribution >= 0.6 is 11.6 Å². The Morgan fingerprint density at radius 2 is 1.81 bits per heavy atom. The van der Waals surface area contributed by atoms with Gasteiger partial charge in [-0.3, -0.25) is 4.90 Å². The predicted molar refractivity (Wildman–Crippen MR) is 163 cm³/mol. The number of aryl methyl sites for hydroxylation is 1. The van der Waals surface area contributed by atoms with E-state index in [9.17, 15) is 5.11 Å². The van der Waals surface area contributed by atoms with Crippen molar-refractivity contribution in [1.29, 1.82) is 0 Å². The lowest BCUT2D eigenvalue weighted by Crippen LogP contribution is -2.48. The number of aromatic nitrogens is 2. The first-order valence-corrected chi connectivity index (χ1v) is 14.8. The Kier molecular flexibility index (Phi) is 8.62. The molecule has 3 N–H and O–H groups in total. The SMILES string of the molecule is CC(O)c1ccc(COCCN2CCN(c3nc(N)nc4c3CCc3cc(OCc5ccc(Cl)cc5)ccc3-4)CC2)o1. The zero-order chi connectivity index (χ0) is 29.1. The van der Waals surface area contributed by atoms with Crippen LogP contribution in [0.3, 0.4) is 0 Å². The number of piperazine rings is 1. The number of nitrogen functional groups attached to an aromatic ring is 1. The maximum Gasteiger partial charge on any atom is 0.222 e. The number of furan rings is 1. The van der Waals surface area contributed by atoms with Gasteiger partial charge in [-0.25, -0.2) is 4.98 Å². The first-order valence-electron chi connectivity index (χ1n) is 14.4. The van der Waals surface area contributed by atoms with Crippen molar-refractivity contribution in [3.05, 3.63) is 87.8 Å². The number of anilines is 2. The van der Waals surface area contributed by atoms with Gasteiger partial charge in [0.1, 0.15) is 42.4 Å². The number of nitrogens with zero attached hydrogens (tertiary/aromatic N) is 4. The van der Waals surface area contributed by atoms with E-state index >= 15 is 0 Å². The molecule has 10 heteroatoms. The molecule has 3 heterocycles. The highest BCUT2D eigenvalue weighted by Crippen LogP contribution is 2.38. The molecule has 1 atom stereocenters. The molecule has 0 amide bonds. The molecule has 1 aliphatic carbocycles. The van der Waals surface area contributed by atoms with Gasteiger partial charge in [0.2, 0.25) is 5.95 Å². The third-order valence-electron chi connectivity index (χ3n) is 7.86. The second kappa shape index (κ2) is 12.7. The van der Waals surface area contributed by atoms with Crippen LogP contribution in [0.25, 0.3) is 11.3 Å². The fourth-order valence-corrected chi connectivity index (χ4v) is 5.68. The number of nitrogens with two attached hydrogens (primary N) is 1. The molecular formula is C32H36ClN5O4. The molecule has 9 nitrogen and oxygen atoms in total. The Bertz CT molecular complexity index is 1520. The number of rotatable bonds is 10. The van der Waals surface area contributed by atoms with E-state index in [-0.39, 0.29) is 0 Å². The minimum atomic E-state index is -0.612. The lowest BCUT2D eigenvalue weighted by atomic mass is 9.88. The van der Waals surface area contributed by atoms with E-state index in [1.54, 1.807) is 13.0 Å². The Morgan fingerprint density at radius 3 is 2.57 bits per heavy atom. The fourth-order valence-electron chi connectivity index (χ4n) is 5.55. The smallest absolute Gasteiger partial charge is 0.222 e. The fraction of sp³-hybridized carbons (Fsp3) is 0.375. The average molecular weight is 590 g/mol. The normalized spacial score (nSPS) is 15.7. The molecule has 42 heavy (non-hydrogen) atoms. The van der Waals surface area contributed by atoms with Gasteiger partial charge in [0, 0.05) is 48.9 Å². The summed E-state index contributed by atoms with van der Waals surface area (Å²) >= 11 is 6.00. The first-order chi connectivity index (χ1) is 20.4. The standard InChI is InChI=1S/C32H36ClN5O4/c1-21(39)29-11-8-26(42-29)20-40-17-16-37-12-14-38(15-13-37)31-28-9-4-23-18-25(41-19-22-2-5-24(33)6-3-22)7-10-27(23)30(28)35-32(34)36-31/h2-3,5-8,10-11,18,21,39H,4,9,12-17,19-20H2,1H3,(H2,34,35,36). The quantitative estimate of drug-likeness (QED) is 0.246. The number of fused-ring (bicyclic) bond motifs is 3. The number of aliphatic hydroxyl groups is 1. The van der Waals surface area contributed by atoms with Gasteiger partial charge in [-0.1, -0.05) is 23.7 Å². The maximum atomic E-state index is 9.61. The molecule has 2 aliphatic rings. The van der Waals surface area contributed by atoms with Gasteiger partial charge >= 0.3 is 0 Å². The van der Waals surface area contributed by atoms with Gasteiger partial charge in [0.15, 0.2) is 0 Å². The Balaban J connectivity index is 1.05. The highest BCUT2D eigenvalue weighted by molar-refractivity contribution is 6.30. The van der Waals surface area contributed by atoms with Crippen molar-refractivity contribution in [2.24, 2.45) is 0 Å². The minimum Gasteiger partial charge on any atom is -0.489 e. The second-order valence-electron chi connectivity index (χ2n) is 10.8. The molecule has 6 rings (SSSR count). The molecule has 0 spiro atoms. The molecule has 1 fully saturated rings. The van der Waals surface area contributed by atoms with E-state index < -0.39 is 6.10 Å². The summed E-state index contributed by atoms with van der Waals surface area (Å²) in [5, 5.41) is 10.3. The number of benzene rings is 2. The summed E-state index contributed by atoms with van der Waals surface area (Å²) in [7, 11) is 0. The van der Waals surface area contributed by atoms with Crippen molar-refractivity contribution in [2.75, 3.05) is 50.0 Å². The number of hydrogen-bond donors (Lipinski definition) is 2. The van der Waals surface area contributed by atoms with Crippen molar-refractivity contribution >= 4 is 23.4 Å². The lowest BCUT2D eigenvalue weighted by molar-refractivity contribution is 0.0767. The van der Waals surface area contributed by atoms with Gasteiger partial charge in [-0.2, -0.15) is 4.98 Å². The van der Waals surface area contributed by atoms with Crippen LogP contribution in [0.4, 0.5) is 11.8 Å². The van der Waals surface area contributed by atoms with Gasteiger partial charge in [-0.05, 0) is 73.4 Å². The van der Waals surface area contributed by atoms with Gasteiger partial charge in [0.05, 0.1) is 12.3 Å². The Hall–Kier alpha value is -3.63. The molecule has 0 radical (unpaired) electrons. The van der Waals surface area contributed by atoms with E-state index in [0.717, 1.165) is 79.7 Å². The lowest BCUT2D eigenvalue weighted by Gasteiger charge is -2.37. The first kappa shape index (κ1) is 28.5. The molecule has 1 saturated heterocycles. The Labute approximate surface area is 250 Å². The van der Waals surface area contributed by atoms with Crippen LogP contribution in [0.5, 0.6) is 5.75 Å². The molecule has 1 unspecified atom stereocenters. The van der Waals surface area contributed by atoms with Gasteiger partial charge < -0.3 is 29.6 Å². The summed E-state index contributed by atoms with van der Waals surface area (Å²) in [6.07, 6.45) is 1.14. The highest BCUT2D eigenvalue weighted by Gasteiger charge is 2.27. The van der Waals surface area contributed by atoms with E-state index in [1.807, 2.05) is 36.4 Å². The third-order valence-corrected chi connectivity index (χ3v) is 8.11. The van der Waals surface area contributed by atoms with Crippen molar-refractivity contribution in [3.63, 3.8) is 0 Å². The van der Waals surface area contributed by atoms with Crippen LogP contribution in [0.15, 0.2) is 59.0 Å². The molecular weight excluding hydrogens is 554 g/mol. The molecule has 4 aromatic rings. The number of halogens is 1. The molecule has 1 aliphatic heterocycles. The summed E-state index contributed by atoms with van der Waals surface area (Å²) in [5.74, 6) is 3.37. The van der Waals surface area contributed by atoms with E-state index in [2.05, 4.69) is 26.9 Å². The van der Waals surface area contributed by atoms with Gasteiger partial charge in [0.25, 0.3) is 0 Å². The molecule has 0 bridgehead atoms. The van der Waals surface area contributed by atoms with Crippen LogP contribution in [0.1, 0.15) is 41.2 Å². The van der Waals surface area contributed by atoms with E-state index in [1.165, 1.54) is 11.1 Å². The third kappa shape index (κ3) is 6.55. The van der Waals surface area contributed by atoms with Crippen LogP contribution in [0, 0.1) is 0 Å². The maximum absolute atomic E-state index is 9.61. The zero-order valence-corrected chi connectivity index (χ0v) is 24.5. The summed E-state index contributed by atoms with van der Waals surface area (Å²) < 4.78 is 17.5. The van der Waals surface area contributed by atoms with Crippen molar-refractivity contribution in [2.45, 2.75) is 39.1 Å². The van der Waals surface area contributed by atoms with E-state index in [0.29, 0.717) is 36.6 Å². The summed E-state index contributed by atoms with van der Waals surface area (Å²) in [4.78, 5) is 14.1. The van der Waals surface area contributed by atoms with Gasteiger partial charge in [-0.15, -0.1) is 0 Å².